The van der Waals surface area contributed by atoms with Gasteiger partial charge in [-0.3, -0.25) is 4.55 Å². The third-order valence-electron chi connectivity index (χ3n) is 2.02. The molecule has 2 rings (SSSR count). The molecular weight excluding hydrogens is 203 g/mol. The van der Waals surface area contributed by atoms with Crippen LogP contribution in [0.3, 0.4) is 0 Å². The van der Waals surface area contributed by atoms with Crippen LogP contribution in [-0.2, 0) is 10.1 Å². The zero-order valence-corrected chi connectivity index (χ0v) is 8.03. The van der Waals surface area contributed by atoms with Crippen LogP contribution in [0.5, 0.6) is 0 Å². The minimum atomic E-state index is -4.09. The number of rotatable bonds is 1. The summed E-state index contributed by atoms with van der Waals surface area (Å²) in [4.78, 5) is -0.0730. The largest absolute Gasteiger partial charge is 0.294 e. The topological polar surface area (TPSA) is 54.4 Å². The maximum absolute atomic E-state index is 10.8. The molecule has 0 aliphatic carbocycles. The van der Waals surface area contributed by atoms with E-state index in [-0.39, 0.29) is 4.90 Å². The second-order valence-electron chi connectivity index (χ2n) is 2.98. The Morgan fingerprint density at radius 1 is 0.929 bits per heavy atom. The molecule has 0 amide bonds. The summed E-state index contributed by atoms with van der Waals surface area (Å²) in [6.45, 7) is 0. The highest BCUT2D eigenvalue weighted by Crippen LogP contribution is 2.18. The van der Waals surface area contributed by atoms with Crippen molar-refractivity contribution in [3.05, 3.63) is 42.5 Å². The first kappa shape index (κ1) is 9.18. The highest BCUT2D eigenvalue weighted by Gasteiger charge is 2.08. The Morgan fingerprint density at radius 3 is 2.21 bits per heavy atom. The van der Waals surface area contributed by atoms with Crippen molar-refractivity contribution in [2.24, 2.45) is 0 Å². The molecule has 2 aromatic rings. The van der Waals surface area contributed by atoms with Crippen LogP contribution in [0, 0.1) is 0 Å². The molecule has 1 N–H and O–H groups in total. The average Bonchev–Trinajstić information content (AvgIpc) is 2.16. The minimum absolute atomic E-state index is 0.0730. The lowest BCUT2D eigenvalue weighted by molar-refractivity contribution is 0.483. The van der Waals surface area contributed by atoms with Gasteiger partial charge in [-0.2, -0.15) is 8.42 Å². The van der Waals surface area contributed by atoms with Gasteiger partial charge in [0.25, 0.3) is 10.1 Å². The fraction of sp³-hybridized carbons (Fsp3) is 0. The van der Waals surface area contributed by atoms with Crippen molar-refractivity contribution in [2.75, 3.05) is 0 Å². The summed E-state index contributed by atoms with van der Waals surface area (Å²) in [7, 11) is -4.09. The van der Waals surface area contributed by atoms with Gasteiger partial charge in [-0.15, -0.1) is 0 Å². The summed E-state index contributed by atoms with van der Waals surface area (Å²) in [6.07, 6.45) is 0. The van der Waals surface area contributed by atoms with Gasteiger partial charge in [-0.05, 0) is 22.9 Å². The quantitative estimate of drug-likeness (QED) is 0.734. The normalized spacial score (nSPS) is 11.8. The summed E-state index contributed by atoms with van der Waals surface area (Å²) in [5.74, 6) is 0. The first-order chi connectivity index (χ1) is 6.57. The maximum atomic E-state index is 10.8. The molecular formula is C10H8O3S. The predicted octanol–water partition coefficient (Wildman–Crippen LogP) is 2.09. The van der Waals surface area contributed by atoms with Crippen LogP contribution in [0.4, 0.5) is 0 Å². The Balaban J connectivity index is 2.75. The third kappa shape index (κ3) is 1.62. The molecule has 0 aromatic heterocycles. The van der Waals surface area contributed by atoms with E-state index in [1.165, 1.54) is 12.1 Å². The Bertz CT molecular complexity index is 573. The second kappa shape index (κ2) is 3.08. The average molecular weight is 211 g/mol. The smallest absolute Gasteiger partial charge is 0.282 e. The van der Waals surface area contributed by atoms with Crippen LogP contribution in [0.1, 0.15) is 0 Å². The van der Waals surface area contributed by atoms with E-state index in [1.807, 2.05) is 18.2 Å². The first-order valence-electron chi connectivity index (χ1n) is 4.04. The summed E-state index contributed by atoms with van der Waals surface area (Å²) in [6, 6.07) is 11.9. The van der Waals surface area contributed by atoms with E-state index in [0.717, 1.165) is 10.8 Å². The third-order valence-corrected chi connectivity index (χ3v) is 2.87. The van der Waals surface area contributed by atoms with E-state index in [1.54, 1.807) is 12.1 Å². The van der Waals surface area contributed by atoms with Crippen LogP contribution in [-0.4, -0.2) is 13.0 Å². The Kier molecular flexibility index (Phi) is 2.02. The van der Waals surface area contributed by atoms with Gasteiger partial charge in [-0.1, -0.05) is 30.3 Å². The summed E-state index contributed by atoms with van der Waals surface area (Å²) >= 11 is 0. The van der Waals surface area contributed by atoms with E-state index in [0.29, 0.717) is 0 Å². The van der Waals surface area contributed by atoms with Gasteiger partial charge in [0, 0.05) is 0 Å². The molecule has 4 heteroatoms. The SMILES string of the molecule is O=[35S](=O)(O)c1ccc2ccccc2c1. The minimum Gasteiger partial charge on any atom is -0.282 e. The fourth-order valence-electron chi connectivity index (χ4n) is 1.33. The number of hydrogen-bond acceptors (Lipinski definition) is 2. The summed E-state index contributed by atoms with van der Waals surface area (Å²) < 4.78 is 30.5. The fourth-order valence-corrected chi connectivity index (χ4v) is 1.84. The van der Waals surface area contributed by atoms with Crippen LogP contribution < -0.4 is 0 Å². The van der Waals surface area contributed by atoms with Gasteiger partial charge in [-0.25, -0.2) is 0 Å². The molecule has 2 aromatic carbocycles. The van der Waals surface area contributed by atoms with E-state index in [9.17, 15) is 8.42 Å². The van der Waals surface area contributed by atoms with Gasteiger partial charge < -0.3 is 0 Å². The molecule has 0 atom stereocenters. The molecule has 14 heavy (non-hydrogen) atoms. The van der Waals surface area contributed by atoms with Crippen molar-refractivity contribution in [1.82, 2.24) is 0 Å². The molecule has 0 unspecified atom stereocenters. The maximum Gasteiger partial charge on any atom is 0.294 e. The van der Waals surface area contributed by atoms with Crippen LogP contribution in [0.15, 0.2) is 47.4 Å². The Labute approximate surface area is 81.7 Å². The molecule has 0 aliphatic rings. The number of hydrogen-bond donors (Lipinski definition) is 1. The highest BCUT2D eigenvalue weighted by atomic mass is 35.1. The Hall–Kier alpha value is -1.39. The molecule has 0 saturated carbocycles. The van der Waals surface area contributed by atoms with Crippen LogP contribution in [0.25, 0.3) is 10.8 Å². The van der Waals surface area contributed by atoms with Crippen molar-refractivity contribution in [2.45, 2.75) is 4.90 Å². The van der Waals surface area contributed by atoms with Crippen LogP contribution >= 0.6 is 0 Å². The van der Waals surface area contributed by atoms with Gasteiger partial charge in [0.2, 0.25) is 0 Å². The van der Waals surface area contributed by atoms with E-state index < -0.39 is 10.1 Å². The van der Waals surface area contributed by atoms with E-state index >= 15 is 0 Å². The van der Waals surface area contributed by atoms with Crippen molar-refractivity contribution in [3.63, 3.8) is 0 Å². The van der Waals surface area contributed by atoms with E-state index in [2.05, 4.69) is 0 Å². The lowest BCUT2D eigenvalue weighted by Gasteiger charge is -1.99. The lowest BCUT2D eigenvalue weighted by Crippen LogP contribution is -1.97. The molecule has 72 valence electrons. The molecule has 0 heterocycles. The molecule has 0 radical (unpaired) electrons. The first-order valence-corrected chi connectivity index (χ1v) is 5.48. The zero-order valence-electron chi connectivity index (χ0n) is 7.21. The summed E-state index contributed by atoms with van der Waals surface area (Å²) in [5.41, 5.74) is 0. The molecule has 0 spiro atoms. The lowest BCUT2D eigenvalue weighted by atomic mass is 10.1. The molecule has 0 saturated heterocycles. The standard InChI is InChI=1S/C10H8O3S/c11-14(12,13)10-6-5-8-3-1-2-4-9(8)7-10/h1-7H,(H,11,12,13)/i14+3. The number of benzene rings is 2. The van der Waals surface area contributed by atoms with Gasteiger partial charge in [0.05, 0.1) is 4.90 Å². The van der Waals surface area contributed by atoms with Crippen molar-refractivity contribution in [3.8, 4) is 0 Å². The van der Waals surface area contributed by atoms with E-state index in [4.69, 9.17) is 4.55 Å². The van der Waals surface area contributed by atoms with Gasteiger partial charge >= 0.3 is 0 Å². The molecule has 0 bridgehead atoms. The van der Waals surface area contributed by atoms with Gasteiger partial charge in [0.1, 0.15) is 0 Å². The zero-order chi connectivity index (χ0) is 10.2. The monoisotopic (exact) mass is 211 g/mol. The van der Waals surface area contributed by atoms with Crippen molar-refractivity contribution < 1.29 is 13.0 Å². The Morgan fingerprint density at radius 2 is 1.57 bits per heavy atom. The highest BCUT2D eigenvalue weighted by molar-refractivity contribution is 7.85. The van der Waals surface area contributed by atoms with Crippen LogP contribution in [0.2, 0.25) is 0 Å². The van der Waals surface area contributed by atoms with Crippen molar-refractivity contribution >= 4 is 20.9 Å². The number of fused-ring (bicyclic) bond motifs is 1. The van der Waals surface area contributed by atoms with Crippen molar-refractivity contribution in [1.29, 1.82) is 0 Å². The van der Waals surface area contributed by atoms with Gasteiger partial charge in [0.15, 0.2) is 0 Å². The molecule has 3 nitrogen and oxygen atoms in total. The molecule has 0 fully saturated rings. The predicted molar refractivity (Wildman–Crippen MR) is 53.8 cm³/mol. The summed E-state index contributed by atoms with van der Waals surface area (Å²) in [5, 5.41) is 1.74. The molecule has 0 aliphatic heterocycles. The second-order valence-corrected chi connectivity index (χ2v) is 4.41.